The highest BCUT2D eigenvalue weighted by Crippen LogP contribution is 2.15. The zero-order valence-electron chi connectivity index (χ0n) is 11.6. The van der Waals surface area contributed by atoms with Gasteiger partial charge in [0, 0.05) is 19.3 Å². The van der Waals surface area contributed by atoms with E-state index >= 15 is 0 Å². The van der Waals surface area contributed by atoms with E-state index in [0.717, 1.165) is 18.7 Å². The predicted octanol–water partition coefficient (Wildman–Crippen LogP) is 2.88. The fourth-order valence-corrected chi connectivity index (χ4v) is 1.77. The summed E-state index contributed by atoms with van der Waals surface area (Å²) in [6.45, 7) is 6.51. The van der Waals surface area contributed by atoms with Gasteiger partial charge in [-0.1, -0.05) is 13.3 Å². The molecule has 18 heavy (non-hydrogen) atoms. The van der Waals surface area contributed by atoms with Crippen molar-refractivity contribution in [2.75, 3.05) is 18.6 Å². The van der Waals surface area contributed by atoms with E-state index in [9.17, 15) is 4.79 Å². The number of anilines is 1. The summed E-state index contributed by atoms with van der Waals surface area (Å²) in [5, 5.41) is 0. The van der Waals surface area contributed by atoms with Gasteiger partial charge in [0.2, 0.25) is 0 Å². The summed E-state index contributed by atoms with van der Waals surface area (Å²) in [6.07, 6.45) is 3.84. The summed E-state index contributed by atoms with van der Waals surface area (Å²) in [5.41, 5.74) is 0.497. The van der Waals surface area contributed by atoms with E-state index in [2.05, 4.69) is 23.7 Å². The van der Waals surface area contributed by atoms with Gasteiger partial charge in [0.25, 0.3) is 0 Å². The van der Waals surface area contributed by atoms with Crippen LogP contribution < -0.4 is 4.90 Å². The SMILES string of the molecule is CCCC(C)N(C)c1ccc(C(=O)OCC)cn1. The third-order valence-electron chi connectivity index (χ3n) is 2.99. The molecule has 100 valence electrons. The number of esters is 1. The maximum absolute atomic E-state index is 11.5. The van der Waals surface area contributed by atoms with Crippen LogP contribution >= 0.6 is 0 Å². The monoisotopic (exact) mass is 250 g/mol. The number of carbonyl (C=O) groups excluding carboxylic acids is 1. The molecule has 4 heteroatoms. The first-order valence-electron chi connectivity index (χ1n) is 6.46. The fraction of sp³-hybridized carbons (Fsp3) is 0.571. The highest BCUT2D eigenvalue weighted by atomic mass is 16.5. The second kappa shape index (κ2) is 6.99. The van der Waals surface area contributed by atoms with Gasteiger partial charge in [0.05, 0.1) is 12.2 Å². The molecule has 1 rings (SSSR count). The Hall–Kier alpha value is -1.58. The van der Waals surface area contributed by atoms with Gasteiger partial charge in [-0.2, -0.15) is 0 Å². The lowest BCUT2D eigenvalue weighted by molar-refractivity contribution is 0.0526. The average Bonchev–Trinajstić information content (AvgIpc) is 2.38. The van der Waals surface area contributed by atoms with Crippen LogP contribution in [0.15, 0.2) is 18.3 Å². The molecule has 0 amide bonds. The topological polar surface area (TPSA) is 42.4 Å². The first kappa shape index (κ1) is 14.5. The molecule has 0 saturated heterocycles. The van der Waals surface area contributed by atoms with Crippen molar-refractivity contribution in [3.63, 3.8) is 0 Å². The zero-order chi connectivity index (χ0) is 13.5. The fourth-order valence-electron chi connectivity index (χ4n) is 1.77. The molecule has 0 fully saturated rings. The van der Waals surface area contributed by atoms with Crippen molar-refractivity contribution in [3.8, 4) is 0 Å². The normalized spacial score (nSPS) is 12.0. The molecular formula is C14H22N2O2. The van der Waals surface area contributed by atoms with Gasteiger partial charge in [-0.05, 0) is 32.4 Å². The molecule has 0 spiro atoms. The Labute approximate surface area is 109 Å². The van der Waals surface area contributed by atoms with E-state index in [0.29, 0.717) is 18.2 Å². The van der Waals surface area contributed by atoms with Crippen LogP contribution in [-0.4, -0.2) is 30.6 Å². The second-order valence-electron chi connectivity index (χ2n) is 4.37. The van der Waals surface area contributed by atoms with E-state index in [1.165, 1.54) is 0 Å². The van der Waals surface area contributed by atoms with E-state index in [1.54, 1.807) is 19.2 Å². The van der Waals surface area contributed by atoms with Crippen LogP contribution in [0.2, 0.25) is 0 Å². The van der Waals surface area contributed by atoms with Crippen molar-refractivity contribution < 1.29 is 9.53 Å². The number of hydrogen-bond donors (Lipinski definition) is 0. The van der Waals surface area contributed by atoms with Gasteiger partial charge in [-0.3, -0.25) is 0 Å². The number of rotatable bonds is 6. The average molecular weight is 250 g/mol. The minimum atomic E-state index is -0.319. The quantitative estimate of drug-likeness (QED) is 0.728. The molecule has 1 aromatic heterocycles. The molecule has 1 aromatic rings. The lowest BCUT2D eigenvalue weighted by Crippen LogP contribution is -2.29. The summed E-state index contributed by atoms with van der Waals surface area (Å²) in [4.78, 5) is 17.9. The van der Waals surface area contributed by atoms with Crippen molar-refractivity contribution >= 4 is 11.8 Å². The highest BCUT2D eigenvalue weighted by molar-refractivity contribution is 5.89. The van der Waals surface area contributed by atoms with Gasteiger partial charge >= 0.3 is 5.97 Å². The minimum absolute atomic E-state index is 0.319. The van der Waals surface area contributed by atoms with Crippen LogP contribution in [0.3, 0.4) is 0 Å². The molecule has 0 aromatic carbocycles. The lowest BCUT2D eigenvalue weighted by atomic mass is 10.1. The van der Waals surface area contributed by atoms with Crippen LogP contribution in [0.4, 0.5) is 5.82 Å². The van der Waals surface area contributed by atoms with Gasteiger partial charge in [0.15, 0.2) is 0 Å². The molecule has 1 heterocycles. The maximum atomic E-state index is 11.5. The number of aromatic nitrogens is 1. The molecule has 0 aliphatic carbocycles. The van der Waals surface area contributed by atoms with Crippen molar-refractivity contribution in [3.05, 3.63) is 23.9 Å². The van der Waals surface area contributed by atoms with Gasteiger partial charge in [-0.25, -0.2) is 9.78 Å². The summed E-state index contributed by atoms with van der Waals surface area (Å²) in [7, 11) is 2.02. The van der Waals surface area contributed by atoms with Gasteiger partial charge in [0.1, 0.15) is 5.82 Å². The number of carbonyl (C=O) groups is 1. The molecule has 0 N–H and O–H groups in total. The predicted molar refractivity (Wildman–Crippen MR) is 73.0 cm³/mol. The van der Waals surface area contributed by atoms with Gasteiger partial charge in [-0.15, -0.1) is 0 Å². The van der Waals surface area contributed by atoms with E-state index in [1.807, 2.05) is 13.1 Å². The van der Waals surface area contributed by atoms with Crippen LogP contribution in [0.1, 0.15) is 44.0 Å². The van der Waals surface area contributed by atoms with Gasteiger partial charge < -0.3 is 9.64 Å². The zero-order valence-corrected chi connectivity index (χ0v) is 11.6. The lowest BCUT2D eigenvalue weighted by Gasteiger charge is -2.25. The Kier molecular flexibility index (Phi) is 5.62. The highest BCUT2D eigenvalue weighted by Gasteiger charge is 2.12. The molecule has 1 unspecified atom stereocenters. The number of nitrogens with zero attached hydrogens (tertiary/aromatic N) is 2. The van der Waals surface area contributed by atoms with E-state index < -0.39 is 0 Å². The number of hydrogen-bond acceptors (Lipinski definition) is 4. The molecule has 0 saturated carbocycles. The van der Waals surface area contributed by atoms with Crippen LogP contribution in [0.5, 0.6) is 0 Å². The first-order chi connectivity index (χ1) is 8.60. The Morgan fingerprint density at radius 3 is 2.67 bits per heavy atom. The van der Waals surface area contributed by atoms with Crippen LogP contribution in [0, 0.1) is 0 Å². The van der Waals surface area contributed by atoms with Crippen molar-refractivity contribution in [1.29, 1.82) is 0 Å². The Morgan fingerprint density at radius 2 is 2.17 bits per heavy atom. The standard InChI is InChI=1S/C14H22N2O2/c1-5-7-11(3)16(4)13-9-8-12(10-15-13)14(17)18-6-2/h8-11H,5-7H2,1-4H3. The number of pyridine rings is 1. The van der Waals surface area contributed by atoms with Crippen molar-refractivity contribution in [1.82, 2.24) is 4.98 Å². The van der Waals surface area contributed by atoms with E-state index in [-0.39, 0.29) is 5.97 Å². The molecule has 1 atom stereocenters. The molecule has 4 nitrogen and oxygen atoms in total. The summed E-state index contributed by atoms with van der Waals surface area (Å²) >= 11 is 0. The van der Waals surface area contributed by atoms with Crippen molar-refractivity contribution in [2.45, 2.75) is 39.7 Å². The molecular weight excluding hydrogens is 228 g/mol. The van der Waals surface area contributed by atoms with E-state index in [4.69, 9.17) is 4.74 Å². The summed E-state index contributed by atoms with van der Waals surface area (Å²) < 4.78 is 4.92. The first-order valence-corrected chi connectivity index (χ1v) is 6.46. The van der Waals surface area contributed by atoms with Crippen LogP contribution in [-0.2, 0) is 4.74 Å². The molecule has 0 bridgehead atoms. The smallest absolute Gasteiger partial charge is 0.339 e. The Bertz CT molecular complexity index is 376. The Morgan fingerprint density at radius 1 is 1.44 bits per heavy atom. The maximum Gasteiger partial charge on any atom is 0.339 e. The summed E-state index contributed by atoms with van der Waals surface area (Å²) in [6, 6.07) is 4.06. The Balaban J connectivity index is 2.73. The largest absolute Gasteiger partial charge is 0.462 e. The van der Waals surface area contributed by atoms with Crippen molar-refractivity contribution in [2.24, 2.45) is 0 Å². The third kappa shape index (κ3) is 3.72. The minimum Gasteiger partial charge on any atom is -0.462 e. The molecule has 0 radical (unpaired) electrons. The van der Waals surface area contributed by atoms with Crippen LogP contribution in [0.25, 0.3) is 0 Å². The molecule has 0 aliphatic heterocycles. The third-order valence-corrected chi connectivity index (χ3v) is 2.99. The second-order valence-corrected chi connectivity index (χ2v) is 4.37. The molecule has 0 aliphatic rings. The number of ether oxygens (including phenoxy) is 1. The summed E-state index contributed by atoms with van der Waals surface area (Å²) in [5.74, 6) is 0.560.